The Morgan fingerprint density at radius 1 is 1.35 bits per heavy atom. The highest BCUT2D eigenvalue weighted by atomic mass is 35.5. The van der Waals surface area contributed by atoms with E-state index in [1.807, 2.05) is 38.1 Å². The fourth-order valence-electron chi connectivity index (χ4n) is 1.57. The average Bonchev–Trinajstić information content (AvgIpc) is 2.30. The first-order valence-corrected chi connectivity index (χ1v) is 6.18. The van der Waals surface area contributed by atoms with E-state index in [4.69, 9.17) is 17.3 Å². The summed E-state index contributed by atoms with van der Waals surface area (Å²) in [5.74, 6) is -0.00681. The molecule has 1 aromatic carbocycles. The Kier molecular flexibility index (Phi) is 5.45. The number of nitrogens with two attached hydrogens (primary N) is 1. The fraction of sp³-hybridized carbons (Fsp3) is 0.462. The Labute approximate surface area is 107 Å². The third kappa shape index (κ3) is 4.36. The van der Waals surface area contributed by atoms with Crippen LogP contribution in [0.5, 0.6) is 0 Å². The molecule has 0 spiro atoms. The van der Waals surface area contributed by atoms with Crippen LogP contribution in [0.1, 0.15) is 31.9 Å². The predicted octanol–water partition coefficient (Wildman–Crippen LogP) is 2.50. The average molecular weight is 255 g/mol. The molecule has 1 aromatic rings. The van der Waals surface area contributed by atoms with Gasteiger partial charge in [0.2, 0.25) is 5.91 Å². The molecule has 94 valence electrons. The van der Waals surface area contributed by atoms with Crippen LogP contribution in [-0.2, 0) is 4.79 Å². The van der Waals surface area contributed by atoms with Crippen molar-refractivity contribution in [2.24, 2.45) is 11.7 Å². The fourth-order valence-corrected chi connectivity index (χ4v) is 1.70. The van der Waals surface area contributed by atoms with Gasteiger partial charge in [0, 0.05) is 10.9 Å². The first-order valence-electron chi connectivity index (χ1n) is 5.80. The van der Waals surface area contributed by atoms with E-state index >= 15 is 0 Å². The molecule has 0 heterocycles. The zero-order valence-corrected chi connectivity index (χ0v) is 11.0. The molecule has 1 rings (SSSR count). The van der Waals surface area contributed by atoms with Crippen molar-refractivity contribution in [2.75, 3.05) is 6.54 Å². The maximum atomic E-state index is 11.8. The van der Waals surface area contributed by atoms with Crippen molar-refractivity contribution in [1.29, 1.82) is 0 Å². The lowest BCUT2D eigenvalue weighted by Crippen LogP contribution is -2.32. The highest BCUT2D eigenvalue weighted by molar-refractivity contribution is 6.30. The van der Waals surface area contributed by atoms with E-state index in [0.717, 1.165) is 5.56 Å². The lowest BCUT2D eigenvalue weighted by Gasteiger charge is -2.17. The van der Waals surface area contributed by atoms with Crippen molar-refractivity contribution >= 4 is 17.5 Å². The minimum Gasteiger partial charge on any atom is -0.349 e. The monoisotopic (exact) mass is 254 g/mol. The topological polar surface area (TPSA) is 55.1 Å². The number of hydrogen-bond donors (Lipinski definition) is 2. The largest absolute Gasteiger partial charge is 0.349 e. The number of amides is 1. The van der Waals surface area contributed by atoms with Crippen LogP contribution < -0.4 is 11.1 Å². The zero-order valence-electron chi connectivity index (χ0n) is 10.2. The summed E-state index contributed by atoms with van der Waals surface area (Å²) in [4.78, 5) is 11.8. The van der Waals surface area contributed by atoms with Crippen molar-refractivity contribution in [1.82, 2.24) is 5.32 Å². The third-order valence-corrected chi connectivity index (χ3v) is 3.03. The molecular weight excluding hydrogens is 236 g/mol. The number of nitrogens with one attached hydrogen (secondary N) is 1. The molecule has 0 bridgehead atoms. The van der Waals surface area contributed by atoms with Crippen LogP contribution in [0.25, 0.3) is 0 Å². The molecule has 0 fully saturated rings. The maximum absolute atomic E-state index is 11.8. The summed E-state index contributed by atoms with van der Waals surface area (Å²) in [7, 11) is 0. The summed E-state index contributed by atoms with van der Waals surface area (Å²) >= 11 is 5.81. The number of rotatable bonds is 5. The van der Waals surface area contributed by atoms with Gasteiger partial charge in [0.1, 0.15) is 0 Å². The van der Waals surface area contributed by atoms with Crippen LogP contribution in [0.15, 0.2) is 24.3 Å². The van der Waals surface area contributed by atoms with Crippen molar-refractivity contribution in [2.45, 2.75) is 26.3 Å². The number of halogens is 1. The second-order valence-corrected chi connectivity index (χ2v) is 4.70. The van der Waals surface area contributed by atoms with Gasteiger partial charge < -0.3 is 11.1 Å². The second kappa shape index (κ2) is 6.62. The number of hydrogen-bond acceptors (Lipinski definition) is 2. The molecule has 4 heteroatoms. The minimum atomic E-state index is -0.0465. The molecule has 3 N–H and O–H groups in total. The SMILES string of the molecule is CC(CCN)C(=O)NC(C)c1ccc(Cl)cc1. The second-order valence-electron chi connectivity index (χ2n) is 4.26. The normalized spacial score (nSPS) is 14.1. The summed E-state index contributed by atoms with van der Waals surface area (Å²) in [6.07, 6.45) is 0.708. The number of benzene rings is 1. The molecule has 2 atom stereocenters. The van der Waals surface area contributed by atoms with Crippen LogP contribution >= 0.6 is 11.6 Å². The number of carbonyl (C=O) groups excluding carboxylic acids is 1. The van der Waals surface area contributed by atoms with E-state index in [1.54, 1.807) is 0 Å². The highest BCUT2D eigenvalue weighted by Gasteiger charge is 2.15. The molecule has 0 saturated carbocycles. The Balaban J connectivity index is 2.57. The first kappa shape index (κ1) is 14.0. The minimum absolute atomic E-state index is 0.0139. The van der Waals surface area contributed by atoms with E-state index in [-0.39, 0.29) is 17.9 Å². The van der Waals surface area contributed by atoms with Crippen LogP contribution in [0.2, 0.25) is 5.02 Å². The molecular formula is C13H19ClN2O. The van der Waals surface area contributed by atoms with Gasteiger partial charge in [-0.05, 0) is 37.6 Å². The van der Waals surface area contributed by atoms with Gasteiger partial charge in [-0.3, -0.25) is 4.79 Å². The summed E-state index contributed by atoms with van der Waals surface area (Å²) < 4.78 is 0. The molecule has 1 amide bonds. The van der Waals surface area contributed by atoms with Crippen molar-refractivity contribution in [3.05, 3.63) is 34.9 Å². The summed E-state index contributed by atoms with van der Waals surface area (Å²) in [6.45, 7) is 4.37. The Hall–Kier alpha value is -1.06. The smallest absolute Gasteiger partial charge is 0.223 e. The zero-order chi connectivity index (χ0) is 12.8. The van der Waals surface area contributed by atoms with E-state index in [9.17, 15) is 4.79 Å². The van der Waals surface area contributed by atoms with Crippen LogP contribution in [0.3, 0.4) is 0 Å². The van der Waals surface area contributed by atoms with Crippen LogP contribution in [0.4, 0.5) is 0 Å². The van der Waals surface area contributed by atoms with Gasteiger partial charge in [-0.25, -0.2) is 0 Å². The summed E-state index contributed by atoms with van der Waals surface area (Å²) in [5, 5.41) is 3.66. The van der Waals surface area contributed by atoms with E-state index in [0.29, 0.717) is 18.0 Å². The molecule has 17 heavy (non-hydrogen) atoms. The highest BCUT2D eigenvalue weighted by Crippen LogP contribution is 2.16. The number of carbonyl (C=O) groups is 1. The van der Waals surface area contributed by atoms with Crippen molar-refractivity contribution in [3.8, 4) is 0 Å². The predicted molar refractivity (Wildman–Crippen MR) is 70.8 cm³/mol. The van der Waals surface area contributed by atoms with Gasteiger partial charge in [-0.15, -0.1) is 0 Å². The van der Waals surface area contributed by atoms with Gasteiger partial charge in [-0.1, -0.05) is 30.7 Å². The first-order chi connectivity index (χ1) is 8.04. The molecule has 0 aliphatic rings. The Bertz CT molecular complexity index is 364. The molecule has 2 unspecified atom stereocenters. The van der Waals surface area contributed by atoms with Gasteiger partial charge in [0.15, 0.2) is 0 Å². The van der Waals surface area contributed by atoms with Crippen LogP contribution in [0, 0.1) is 5.92 Å². The van der Waals surface area contributed by atoms with E-state index in [1.165, 1.54) is 0 Å². The van der Waals surface area contributed by atoms with Crippen molar-refractivity contribution in [3.63, 3.8) is 0 Å². The lowest BCUT2D eigenvalue weighted by atomic mass is 10.0. The van der Waals surface area contributed by atoms with Gasteiger partial charge in [-0.2, -0.15) is 0 Å². The lowest BCUT2D eigenvalue weighted by molar-refractivity contribution is -0.125. The third-order valence-electron chi connectivity index (χ3n) is 2.78. The Morgan fingerprint density at radius 2 is 1.94 bits per heavy atom. The van der Waals surface area contributed by atoms with Gasteiger partial charge in [0.05, 0.1) is 6.04 Å². The van der Waals surface area contributed by atoms with Gasteiger partial charge >= 0.3 is 0 Å². The van der Waals surface area contributed by atoms with Gasteiger partial charge in [0.25, 0.3) is 0 Å². The molecule has 0 aliphatic carbocycles. The molecule has 0 saturated heterocycles. The Morgan fingerprint density at radius 3 is 2.47 bits per heavy atom. The molecule has 3 nitrogen and oxygen atoms in total. The van der Waals surface area contributed by atoms with E-state index < -0.39 is 0 Å². The standard InChI is InChI=1S/C13H19ClN2O/c1-9(7-8-15)13(17)16-10(2)11-3-5-12(14)6-4-11/h3-6,9-10H,7-8,15H2,1-2H3,(H,16,17). The van der Waals surface area contributed by atoms with E-state index in [2.05, 4.69) is 5.32 Å². The maximum Gasteiger partial charge on any atom is 0.223 e. The molecule has 0 aromatic heterocycles. The summed E-state index contributed by atoms with van der Waals surface area (Å²) in [6, 6.07) is 7.47. The van der Waals surface area contributed by atoms with Crippen LogP contribution in [-0.4, -0.2) is 12.5 Å². The van der Waals surface area contributed by atoms with Crippen molar-refractivity contribution < 1.29 is 4.79 Å². The molecule has 0 radical (unpaired) electrons. The molecule has 0 aliphatic heterocycles. The summed E-state index contributed by atoms with van der Waals surface area (Å²) in [5.41, 5.74) is 6.48. The quantitative estimate of drug-likeness (QED) is 0.848.